The summed E-state index contributed by atoms with van der Waals surface area (Å²) in [7, 11) is 3.81. The molecule has 1 unspecified atom stereocenters. The van der Waals surface area contributed by atoms with E-state index in [0.717, 1.165) is 37.6 Å². The van der Waals surface area contributed by atoms with Gasteiger partial charge in [0.05, 0.1) is 11.4 Å². The smallest absolute Gasteiger partial charge is 0.249 e. The predicted molar refractivity (Wildman–Crippen MR) is 98.1 cm³/mol. The highest BCUT2D eigenvalue weighted by Gasteiger charge is 2.47. The van der Waals surface area contributed by atoms with E-state index in [1.165, 1.54) is 5.69 Å². The van der Waals surface area contributed by atoms with Crippen LogP contribution >= 0.6 is 0 Å². The van der Waals surface area contributed by atoms with Crippen molar-refractivity contribution in [3.05, 3.63) is 18.2 Å². The van der Waals surface area contributed by atoms with Crippen LogP contribution in [-0.4, -0.2) is 58.1 Å². The fourth-order valence-corrected chi connectivity index (χ4v) is 4.10. The maximum atomic E-state index is 12.2. The Balaban J connectivity index is 1.51. The van der Waals surface area contributed by atoms with Gasteiger partial charge in [-0.1, -0.05) is 0 Å². The van der Waals surface area contributed by atoms with Gasteiger partial charge in [-0.15, -0.1) is 0 Å². The standard InChI is InChI=1S/C18H25N5O2/c1-19-13-7-12(23-10-18(11-23)8-20-9-18)3-4-14(13)22(2)15-5-6-16(24)21-17(15)25/h3-4,7,15,19-20H,5-6,8-11H2,1-2H3,(H,21,24,25). The quantitative estimate of drug-likeness (QED) is 0.686. The fourth-order valence-electron chi connectivity index (χ4n) is 4.10. The molecule has 1 aromatic carbocycles. The third-order valence-corrected chi connectivity index (χ3v) is 5.72. The monoisotopic (exact) mass is 343 g/mol. The van der Waals surface area contributed by atoms with Gasteiger partial charge in [-0.3, -0.25) is 14.9 Å². The second kappa shape index (κ2) is 5.91. The zero-order chi connectivity index (χ0) is 17.6. The number of amides is 2. The number of benzene rings is 1. The average Bonchev–Trinajstić information content (AvgIpc) is 2.51. The summed E-state index contributed by atoms with van der Waals surface area (Å²) >= 11 is 0. The maximum absolute atomic E-state index is 12.2. The van der Waals surface area contributed by atoms with Gasteiger partial charge in [-0.25, -0.2) is 0 Å². The van der Waals surface area contributed by atoms with Gasteiger partial charge < -0.3 is 20.4 Å². The number of carbonyl (C=O) groups is 2. The number of nitrogens with zero attached hydrogens (tertiary/aromatic N) is 2. The minimum absolute atomic E-state index is 0.184. The van der Waals surface area contributed by atoms with Crippen molar-refractivity contribution in [3.63, 3.8) is 0 Å². The van der Waals surface area contributed by atoms with E-state index in [-0.39, 0.29) is 17.9 Å². The van der Waals surface area contributed by atoms with Crippen LogP contribution in [0.1, 0.15) is 12.8 Å². The second-order valence-corrected chi connectivity index (χ2v) is 7.49. The van der Waals surface area contributed by atoms with Crippen molar-refractivity contribution in [3.8, 4) is 0 Å². The number of hydrogen-bond donors (Lipinski definition) is 3. The Morgan fingerprint density at radius 3 is 2.64 bits per heavy atom. The van der Waals surface area contributed by atoms with E-state index < -0.39 is 0 Å². The molecule has 0 aliphatic carbocycles. The molecule has 1 atom stereocenters. The molecule has 7 heteroatoms. The summed E-state index contributed by atoms with van der Waals surface area (Å²) in [6.07, 6.45) is 0.936. The Labute approximate surface area is 147 Å². The molecule has 3 saturated heterocycles. The first kappa shape index (κ1) is 16.2. The molecule has 0 saturated carbocycles. The van der Waals surface area contributed by atoms with E-state index in [4.69, 9.17) is 0 Å². The van der Waals surface area contributed by atoms with E-state index in [1.807, 2.05) is 19.0 Å². The highest BCUT2D eigenvalue weighted by atomic mass is 16.2. The minimum Gasteiger partial charge on any atom is -0.386 e. The van der Waals surface area contributed by atoms with Crippen LogP contribution in [0.25, 0.3) is 0 Å². The number of rotatable bonds is 4. The van der Waals surface area contributed by atoms with Gasteiger partial charge in [-0.05, 0) is 24.6 Å². The van der Waals surface area contributed by atoms with E-state index in [0.29, 0.717) is 18.3 Å². The molecule has 1 aromatic rings. The normalized spacial score (nSPS) is 24.4. The molecule has 134 valence electrons. The molecule has 2 amide bonds. The van der Waals surface area contributed by atoms with Crippen molar-refractivity contribution in [1.82, 2.24) is 10.6 Å². The number of piperidine rings is 1. The van der Waals surface area contributed by atoms with Crippen LogP contribution in [0.15, 0.2) is 18.2 Å². The van der Waals surface area contributed by atoms with Crippen molar-refractivity contribution in [2.75, 3.05) is 55.4 Å². The average molecular weight is 343 g/mol. The summed E-state index contributed by atoms with van der Waals surface area (Å²) in [4.78, 5) is 27.9. The number of likely N-dealkylation sites (N-methyl/N-ethyl adjacent to an activating group) is 1. The van der Waals surface area contributed by atoms with Crippen LogP contribution in [0, 0.1) is 5.41 Å². The second-order valence-electron chi connectivity index (χ2n) is 7.49. The van der Waals surface area contributed by atoms with Crippen LogP contribution in [0.4, 0.5) is 17.1 Å². The van der Waals surface area contributed by atoms with Gasteiger partial charge in [0.15, 0.2) is 0 Å². The van der Waals surface area contributed by atoms with Gasteiger partial charge in [0.25, 0.3) is 0 Å². The summed E-state index contributed by atoms with van der Waals surface area (Å²) in [5, 5.41) is 9.04. The van der Waals surface area contributed by atoms with Crippen LogP contribution < -0.4 is 25.8 Å². The summed E-state index contributed by atoms with van der Waals surface area (Å²) in [5.41, 5.74) is 3.67. The maximum Gasteiger partial charge on any atom is 0.249 e. The molecule has 3 aliphatic rings. The third kappa shape index (κ3) is 2.72. The lowest BCUT2D eigenvalue weighted by Crippen LogP contribution is -2.71. The van der Waals surface area contributed by atoms with Crippen molar-refractivity contribution < 1.29 is 9.59 Å². The van der Waals surface area contributed by atoms with E-state index in [9.17, 15) is 9.59 Å². The van der Waals surface area contributed by atoms with Gasteiger partial charge in [-0.2, -0.15) is 0 Å². The van der Waals surface area contributed by atoms with Gasteiger partial charge in [0.2, 0.25) is 11.8 Å². The number of imide groups is 1. The van der Waals surface area contributed by atoms with E-state index in [2.05, 4.69) is 39.0 Å². The third-order valence-electron chi connectivity index (χ3n) is 5.72. The lowest BCUT2D eigenvalue weighted by atomic mass is 9.74. The summed E-state index contributed by atoms with van der Waals surface area (Å²) < 4.78 is 0. The molecular weight excluding hydrogens is 318 g/mol. The minimum atomic E-state index is -0.316. The molecule has 3 N–H and O–H groups in total. The number of carbonyl (C=O) groups excluding carboxylic acids is 2. The first-order valence-corrected chi connectivity index (χ1v) is 8.85. The first-order valence-electron chi connectivity index (χ1n) is 8.85. The molecule has 3 fully saturated rings. The van der Waals surface area contributed by atoms with Gasteiger partial charge in [0.1, 0.15) is 6.04 Å². The number of hydrogen-bond acceptors (Lipinski definition) is 6. The topological polar surface area (TPSA) is 76.7 Å². The molecule has 0 aromatic heterocycles. The van der Waals surface area contributed by atoms with Crippen molar-refractivity contribution in [1.29, 1.82) is 0 Å². The first-order chi connectivity index (χ1) is 12.0. The Morgan fingerprint density at radius 1 is 1.28 bits per heavy atom. The summed E-state index contributed by atoms with van der Waals surface area (Å²) in [5.74, 6) is -0.400. The van der Waals surface area contributed by atoms with Crippen LogP contribution in [-0.2, 0) is 9.59 Å². The molecule has 0 radical (unpaired) electrons. The van der Waals surface area contributed by atoms with Crippen molar-refractivity contribution in [2.24, 2.45) is 5.41 Å². The zero-order valence-corrected chi connectivity index (χ0v) is 14.8. The van der Waals surface area contributed by atoms with Crippen LogP contribution in [0.3, 0.4) is 0 Å². The molecule has 25 heavy (non-hydrogen) atoms. The molecule has 0 bridgehead atoms. The van der Waals surface area contributed by atoms with Crippen LogP contribution in [0.2, 0.25) is 0 Å². The molecular formula is C18H25N5O2. The van der Waals surface area contributed by atoms with Gasteiger partial charge in [0, 0.05) is 57.8 Å². The lowest BCUT2D eigenvalue weighted by Gasteiger charge is -2.57. The highest BCUT2D eigenvalue weighted by Crippen LogP contribution is 2.40. The molecule has 3 aliphatic heterocycles. The largest absolute Gasteiger partial charge is 0.386 e. The molecule has 3 heterocycles. The van der Waals surface area contributed by atoms with E-state index in [1.54, 1.807) is 0 Å². The molecule has 7 nitrogen and oxygen atoms in total. The Morgan fingerprint density at radius 2 is 2.04 bits per heavy atom. The van der Waals surface area contributed by atoms with E-state index >= 15 is 0 Å². The summed E-state index contributed by atoms with van der Waals surface area (Å²) in [6.45, 7) is 4.45. The highest BCUT2D eigenvalue weighted by molar-refractivity contribution is 6.02. The molecule has 1 spiro atoms. The summed E-state index contributed by atoms with van der Waals surface area (Å²) in [6, 6.07) is 6.02. The Kier molecular flexibility index (Phi) is 3.83. The lowest BCUT2D eigenvalue weighted by molar-refractivity contribution is -0.134. The Hall–Kier alpha value is -2.28. The van der Waals surface area contributed by atoms with Crippen LogP contribution in [0.5, 0.6) is 0 Å². The number of nitrogens with one attached hydrogen (secondary N) is 3. The SMILES string of the molecule is CNc1cc(N2CC3(CNC3)C2)ccc1N(C)C1CCC(=O)NC1=O. The number of anilines is 3. The zero-order valence-electron chi connectivity index (χ0n) is 14.8. The van der Waals surface area contributed by atoms with Crippen molar-refractivity contribution in [2.45, 2.75) is 18.9 Å². The molecule has 4 rings (SSSR count). The fraction of sp³-hybridized carbons (Fsp3) is 0.556. The van der Waals surface area contributed by atoms with Crippen molar-refractivity contribution >= 4 is 28.9 Å². The van der Waals surface area contributed by atoms with Gasteiger partial charge >= 0.3 is 0 Å². The Bertz CT molecular complexity index is 707. The predicted octanol–water partition coefficient (Wildman–Crippen LogP) is 0.379.